The number of amides is 2. The maximum absolute atomic E-state index is 11.9. The van der Waals surface area contributed by atoms with Crippen LogP contribution < -0.4 is 10.6 Å². The van der Waals surface area contributed by atoms with Gasteiger partial charge in [0.1, 0.15) is 0 Å². The maximum Gasteiger partial charge on any atom is 0.315 e. The Labute approximate surface area is 130 Å². The van der Waals surface area contributed by atoms with Crippen LogP contribution in [0.4, 0.5) is 4.79 Å². The predicted octanol–water partition coefficient (Wildman–Crippen LogP) is 2.89. The first-order valence-electron chi connectivity index (χ1n) is 7.71. The molecule has 1 aliphatic rings. The topological polar surface area (TPSA) is 66.9 Å². The normalized spacial score (nSPS) is 14.7. The molecule has 22 heavy (non-hydrogen) atoms. The number of nitrogens with zero attached hydrogens (tertiary/aromatic N) is 2. The molecule has 2 N–H and O–H groups in total. The molecule has 2 heterocycles. The summed E-state index contributed by atoms with van der Waals surface area (Å²) in [6.45, 7) is 0.494. The van der Waals surface area contributed by atoms with Crippen molar-refractivity contribution in [3.8, 4) is 11.3 Å². The highest BCUT2D eigenvalue weighted by atomic mass is 16.2. The number of carbonyl (C=O) groups excluding carboxylic acids is 1. The van der Waals surface area contributed by atoms with Crippen molar-refractivity contribution < 1.29 is 4.79 Å². The summed E-state index contributed by atoms with van der Waals surface area (Å²) in [5.41, 5.74) is 2.86. The number of rotatable bonds is 4. The fourth-order valence-electron chi connectivity index (χ4n) is 2.75. The van der Waals surface area contributed by atoms with Crippen LogP contribution in [-0.2, 0) is 6.54 Å². The zero-order valence-corrected chi connectivity index (χ0v) is 12.5. The number of aromatic nitrogens is 2. The van der Waals surface area contributed by atoms with E-state index in [0.29, 0.717) is 12.6 Å². The van der Waals surface area contributed by atoms with Crippen molar-refractivity contribution >= 4 is 6.03 Å². The molecule has 0 spiro atoms. The smallest absolute Gasteiger partial charge is 0.315 e. The Bertz CT molecular complexity index is 624. The van der Waals surface area contributed by atoms with Crippen LogP contribution in [0.3, 0.4) is 0 Å². The minimum atomic E-state index is -0.0911. The Hall–Kier alpha value is -2.43. The van der Waals surface area contributed by atoms with E-state index < -0.39 is 0 Å². The highest BCUT2D eigenvalue weighted by molar-refractivity contribution is 5.74. The van der Waals surface area contributed by atoms with Crippen molar-refractivity contribution in [1.82, 2.24) is 20.6 Å². The van der Waals surface area contributed by atoms with Gasteiger partial charge in [0, 0.05) is 36.7 Å². The minimum absolute atomic E-state index is 0.0911. The number of pyridine rings is 2. The Kier molecular flexibility index (Phi) is 4.63. The standard InChI is InChI=1S/C17H20N4O/c22-17(21-15-5-1-2-6-15)20-11-13-7-9-19-16(10-13)14-4-3-8-18-12-14/h3-4,7-10,12,15H,1-2,5-6,11H2,(H2,20,21,22). The number of nitrogens with one attached hydrogen (secondary N) is 2. The molecule has 0 atom stereocenters. The molecule has 0 aromatic carbocycles. The molecule has 114 valence electrons. The van der Waals surface area contributed by atoms with Gasteiger partial charge in [-0.25, -0.2) is 4.79 Å². The summed E-state index contributed by atoms with van der Waals surface area (Å²) in [5.74, 6) is 0. The summed E-state index contributed by atoms with van der Waals surface area (Å²) in [4.78, 5) is 20.3. The van der Waals surface area contributed by atoms with Crippen molar-refractivity contribution in [2.75, 3.05) is 0 Å². The van der Waals surface area contributed by atoms with E-state index in [-0.39, 0.29) is 6.03 Å². The second kappa shape index (κ2) is 7.02. The van der Waals surface area contributed by atoms with Gasteiger partial charge in [0.05, 0.1) is 5.69 Å². The van der Waals surface area contributed by atoms with E-state index in [4.69, 9.17) is 0 Å². The highest BCUT2D eigenvalue weighted by Crippen LogP contribution is 2.18. The van der Waals surface area contributed by atoms with Gasteiger partial charge in [0.25, 0.3) is 0 Å². The van der Waals surface area contributed by atoms with Crippen molar-refractivity contribution in [2.24, 2.45) is 0 Å². The third-order valence-electron chi connectivity index (χ3n) is 3.93. The van der Waals surface area contributed by atoms with Crippen LogP contribution in [-0.4, -0.2) is 22.0 Å². The molecule has 1 aliphatic carbocycles. The van der Waals surface area contributed by atoms with Crippen molar-refractivity contribution in [3.63, 3.8) is 0 Å². The number of hydrogen-bond acceptors (Lipinski definition) is 3. The quantitative estimate of drug-likeness (QED) is 0.911. The number of urea groups is 1. The van der Waals surface area contributed by atoms with Gasteiger partial charge in [0.2, 0.25) is 0 Å². The van der Waals surface area contributed by atoms with E-state index in [2.05, 4.69) is 20.6 Å². The molecule has 0 aliphatic heterocycles. The molecule has 5 nitrogen and oxygen atoms in total. The van der Waals surface area contributed by atoms with E-state index in [1.807, 2.05) is 24.3 Å². The van der Waals surface area contributed by atoms with E-state index in [1.165, 1.54) is 12.8 Å². The van der Waals surface area contributed by atoms with Gasteiger partial charge in [-0.2, -0.15) is 0 Å². The summed E-state index contributed by atoms with van der Waals surface area (Å²) in [7, 11) is 0. The summed E-state index contributed by atoms with van der Waals surface area (Å²) in [6, 6.07) is 7.99. The lowest BCUT2D eigenvalue weighted by Gasteiger charge is -2.13. The number of carbonyl (C=O) groups is 1. The van der Waals surface area contributed by atoms with Crippen LogP contribution in [0.2, 0.25) is 0 Å². The fraction of sp³-hybridized carbons (Fsp3) is 0.353. The van der Waals surface area contributed by atoms with Crippen LogP contribution in [0.1, 0.15) is 31.2 Å². The molecule has 1 fully saturated rings. The predicted molar refractivity (Wildman–Crippen MR) is 85.1 cm³/mol. The van der Waals surface area contributed by atoms with E-state index in [1.54, 1.807) is 18.6 Å². The Balaban J connectivity index is 1.57. The van der Waals surface area contributed by atoms with Crippen LogP contribution in [0.5, 0.6) is 0 Å². The summed E-state index contributed by atoms with van der Waals surface area (Å²) >= 11 is 0. The first-order chi connectivity index (χ1) is 10.8. The van der Waals surface area contributed by atoms with Crippen LogP contribution in [0.25, 0.3) is 11.3 Å². The zero-order valence-electron chi connectivity index (χ0n) is 12.5. The minimum Gasteiger partial charge on any atom is -0.335 e. The van der Waals surface area contributed by atoms with Crippen LogP contribution >= 0.6 is 0 Å². The summed E-state index contributed by atoms with van der Waals surface area (Å²) < 4.78 is 0. The Morgan fingerprint density at radius 1 is 1.23 bits per heavy atom. The van der Waals surface area contributed by atoms with Crippen molar-refractivity contribution in [3.05, 3.63) is 48.4 Å². The third kappa shape index (κ3) is 3.81. The van der Waals surface area contributed by atoms with Gasteiger partial charge >= 0.3 is 6.03 Å². The molecule has 2 amide bonds. The van der Waals surface area contributed by atoms with Crippen LogP contribution in [0, 0.1) is 0 Å². The third-order valence-corrected chi connectivity index (χ3v) is 3.93. The largest absolute Gasteiger partial charge is 0.335 e. The highest BCUT2D eigenvalue weighted by Gasteiger charge is 2.16. The fourth-order valence-corrected chi connectivity index (χ4v) is 2.75. The molecular weight excluding hydrogens is 276 g/mol. The zero-order chi connectivity index (χ0) is 15.2. The van der Waals surface area contributed by atoms with Gasteiger partial charge in [-0.05, 0) is 42.7 Å². The molecule has 3 rings (SSSR count). The number of hydrogen-bond donors (Lipinski definition) is 2. The second-order valence-electron chi connectivity index (χ2n) is 5.60. The monoisotopic (exact) mass is 296 g/mol. The van der Waals surface area contributed by atoms with E-state index >= 15 is 0 Å². The second-order valence-corrected chi connectivity index (χ2v) is 5.60. The Morgan fingerprint density at radius 2 is 2.09 bits per heavy atom. The lowest BCUT2D eigenvalue weighted by molar-refractivity contribution is 0.236. The molecule has 0 saturated heterocycles. The molecule has 1 saturated carbocycles. The van der Waals surface area contributed by atoms with Gasteiger partial charge < -0.3 is 10.6 Å². The van der Waals surface area contributed by atoms with Gasteiger partial charge in [0.15, 0.2) is 0 Å². The summed E-state index contributed by atoms with van der Waals surface area (Å²) in [6.07, 6.45) is 9.89. The lowest BCUT2D eigenvalue weighted by atomic mass is 10.1. The van der Waals surface area contributed by atoms with E-state index in [9.17, 15) is 4.79 Å². The average molecular weight is 296 g/mol. The average Bonchev–Trinajstić information content (AvgIpc) is 3.07. The maximum atomic E-state index is 11.9. The molecule has 0 radical (unpaired) electrons. The first kappa shape index (κ1) is 14.5. The van der Waals surface area contributed by atoms with E-state index in [0.717, 1.165) is 29.7 Å². The molecule has 2 aromatic rings. The molecule has 2 aromatic heterocycles. The molecule has 0 bridgehead atoms. The molecule has 5 heteroatoms. The lowest BCUT2D eigenvalue weighted by Crippen LogP contribution is -2.40. The van der Waals surface area contributed by atoms with Gasteiger partial charge in [-0.1, -0.05) is 12.8 Å². The van der Waals surface area contributed by atoms with Crippen molar-refractivity contribution in [2.45, 2.75) is 38.3 Å². The SMILES string of the molecule is O=C(NCc1ccnc(-c2cccnc2)c1)NC1CCCC1. The first-order valence-corrected chi connectivity index (χ1v) is 7.71. The van der Waals surface area contributed by atoms with Gasteiger partial charge in [-0.15, -0.1) is 0 Å². The van der Waals surface area contributed by atoms with Crippen LogP contribution in [0.15, 0.2) is 42.9 Å². The molecule has 0 unspecified atom stereocenters. The van der Waals surface area contributed by atoms with Gasteiger partial charge in [-0.3, -0.25) is 9.97 Å². The Morgan fingerprint density at radius 3 is 2.86 bits per heavy atom. The molecular formula is C17H20N4O. The summed E-state index contributed by atoms with van der Waals surface area (Å²) in [5, 5.41) is 5.93. The van der Waals surface area contributed by atoms with Crippen molar-refractivity contribution in [1.29, 1.82) is 0 Å².